The van der Waals surface area contributed by atoms with E-state index in [9.17, 15) is 9.59 Å². The molecular formula is C22H29N3O3. The Labute approximate surface area is 166 Å². The van der Waals surface area contributed by atoms with E-state index in [4.69, 9.17) is 4.74 Å². The minimum absolute atomic E-state index is 0.109. The molecule has 0 heterocycles. The number of nitrogens with one attached hydrogen (secondary N) is 3. The van der Waals surface area contributed by atoms with Crippen LogP contribution in [0.2, 0.25) is 0 Å². The zero-order valence-electron chi connectivity index (χ0n) is 16.7. The average molecular weight is 383 g/mol. The van der Waals surface area contributed by atoms with Gasteiger partial charge in [0.15, 0.2) is 0 Å². The second kappa shape index (κ2) is 11.0. The first-order valence-electron chi connectivity index (χ1n) is 9.62. The number of rotatable bonds is 10. The summed E-state index contributed by atoms with van der Waals surface area (Å²) in [6.07, 6.45) is 0.986. The maximum absolute atomic E-state index is 12.2. The van der Waals surface area contributed by atoms with Crippen molar-refractivity contribution < 1.29 is 14.3 Å². The Bertz CT molecular complexity index is 773. The Hall–Kier alpha value is -3.02. The molecule has 150 valence electrons. The Morgan fingerprint density at radius 2 is 1.79 bits per heavy atom. The maximum Gasteiger partial charge on any atom is 0.251 e. The van der Waals surface area contributed by atoms with Gasteiger partial charge in [0, 0.05) is 29.5 Å². The molecule has 3 N–H and O–H groups in total. The molecule has 0 bridgehead atoms. The highest BCUT2D eigenvalue weighted by molar-refractivity contribution is 5.95. The van der Waals surface area contributed by atoms with E-state index in [0.717, 1.165) is 17.9 Å². The first kappa shape index (κ1) is 21.3. The lowest BCUT2D eigenvalue weighted by molar-refractivity contribution is -0.114. The number of ether oxygens (including phenoxy) is 1. The highest BCUT2D eigenvalue weighted by Gasteiger charge is 2.06. The van der Waals surface area contributed by atoms with Gasteiger partial charge in [0.1, 0.15) is 5.75 Å². The summed E-state index contributed by atoms with van der Waals surface area (Å²) in [6, 6.07) is 14.4. The highest BCUT2D eigenvalue weighted by Crippen LogP contribution is 2.18. The second-order valence-electron chi connectivity index (χ2n) is 6.90. The van der Waals surface area contributed by atoms with Crippen LogP contribution in [0.5, 0.6) is 5.75 Å². The number of amides is 2. The van der Waals surface area contributed by atoms with Gasteiger partial charge < -0.3 is 20.7 Å². The van der Waals surface area contributed by atoms with E-state index in [0.29, 0.717) is 30.3 Å². The summed E-state index contributed by atoms with van der Waals surface area (Å²) in [6.45, 7) is 7.55. The van der Waals surface area contributed by atoms with Crippen LogP contribution in [0, 0.1) is 5.92 Å². The van der Waals surface area contributed by atoms with E-state index in [-0.39, 0.29) is 18.4 Å². The minimum atomic E-state index is -0.160. The number of carbonyl (C=O) groups excluding carboxylic acids is 2. The van der Waals surface area contributed by atoms with E-state index in [1.54, 1.807) is 24.3 Å². The van der Waals surface area contributed by atoms with Crippen molar-refractivity contribution in [3.63, 3.8) is 0 Å². The monoisotopic (exact) mass is 383 g/mol. The van der Waals surface area contributed by atoms with Gasteiger partial charge in [0.25, 0.3) is 5.91 Å². The normalized spacial score (nSPS) is 10.4. The Morgan fingerprint density at radius 3 is 2.46 bits per heavy atom. The van der Waals surface area contributed by atoms with Crippen molar-refractivity contribution in [2.75, 3.05) is 30.3 Å². The van der Waals surface area contributed by atoms with Gasteiger partial charge in [-0.3, -0.25) is 9.59 Å². The lowest BCUT2D eigenvalue weighted by Crippen LogP contribution is -2.23. The van der Waals surface area contributed by atoms with Crippen molar-refractivity contribution in [2.24, 2.45) is 5.92 Å². The maximum atomic E-state index is 12.2. The Kier molecular flexibility index (Phi) is 8.34. The predicted molar refractivity (Wildman–Crippen MR) is 113 cm³/mol. The molecule has 0 fully saturated rings. The van der Waals surface area contributed by atoms with Crippen LogP contribution >= 0.6 is 0 Å². The third kappa shape index (κ3) is 7.31. The summed E-state index contributed by atoms with van der Waals surface area (Å²) in [4.78, 5) is 23.9. The molecule has 28 heavy (non-hydrogen) atoms. The zero-order valence-corrected chi connectivity index (χ0v) is 16.7. The summed E-state index contributed by atoms with van der Waals surface area (Å²) >= 11 is 0. The Morgan fingerprint density at radius 1 is 1.04 bits per heavy atom. The van der Waals surface area contributed by atoms with Gasteiger partial charge in [0.2, 0.25) is 5.91 Å². The third-order valence-corrected chi connectivity index (χ3v) is 4.02. The van der Waals surface area contributed by atoms with Crippen LogP contribution in [0.15, 0.2) is 48.5 Å². The molecule has 0 aromatic heterocycles. The van der Waals surface area contributed by atoms with Gasteiger partial charge in [-0.15, -0.1) is 0 Å². The van der Waals surface area contributed by atoms with E-state index in [1.165, 1.54) is 0 Å². The molecular weight excluding hydrogens is 354 g/mol. The van der Waals surface area contributed by atoms with Gasteiger partial charge in [0.05, 0.1) is 13.2 Å². The average Bonchev–Trinajstić information content (AvgIpc) is 2.67. The van der Waals surface area contributed by atoms with Crippen LogP contribution < -0.4 is 20.7 Å². The summed E-state index contributed by atoms with van der Waals surface area (Å²) < 4.78 is 5.72. The first-order valence-corrected chi connectivity index (χ1v) is 9.62. The molecule has 0 unspecified atom stereocenters. The quantitative estimate of drug-likeness (QED) is 0.581. The molecule has 0 radical (unpaired) electrons. The largest absolute Gasteiger partial charge is 0.494 e. The van der Waals surface area contributed by atoms with Crippen LogP contribution in [0.1, 0.15) is 37.6 Å². The summed E-state index contributed by atoms with van der Waals surface area (Å²) in [7, 11) is 0. The molecule has 0 aliphatic heterocycles. The first-order chi connectivity index (χ1) is 13.5. The highest BCUT2D eigenvalue weighted by atomic mass is 16.5. The van der Waals surface area contributed by atoms with Crippen LogP contribution in [-0.4, -0.2) is 31.5 Å². The molecule has 0 saturated heterocycles. The molecule has 0 aliphatic carbocycles. The molecule has 0 saturated carbocycles. The summed E-state index contributed by atoms with van der Waals surface area (Å²) in [5, 5.41) is 8.65. The second-order valence-corrected chi connectivity index (χ2v) is 6.90. The molecule has 6 nitrogen and oxygen atoms in total. The van der Waals surface area contributed by atoms with Gasteiger partial charge in [-0.1, -0.05) is 19.9 Å². The van der Waals surface area contributed by atoms with Crippen LogP contribution in [0.4, 0.5) is 11.4 Å². The van der Waals surface area contributed by atoms with Crippen molar-refractivity contribution in [3.05, 3.63) is 54.1 Å². The number of hydrogen-bond donors (Lipinski definition) is 3. The Balaban J connectivity index is 1.81. The fourth-order valence-corrected chi connectivity index (χ4v) is 2.47. The molecule has 2 aromatic rings. The van der Waals surface area contributed by atoms with Crippen molar-refractivity contribution in [1.29, 1.82) is 0 Å². The van der Waals surface area contributed by atoms with E-state index in [2.05, 4.69) is 29.8 Å². The van der Waals surface area contributed by atoms with Crippen LogP contribution in [0.25, 0.3) is 0 Å². The van der Waals surface area contributed by atoms with Crippen LogP contribution in [0.3, 0.4) is 0 Å². The van der Waals surface area contributed by atoms with Gasteiger partial charge >= 0.3 is 0 Å². The molecule has 6 heteroatoms. The summed E-state index contributed by atoms with van der Waals surface area (Å²) in [5.74, 6) is 1.06. The lowest BCUT2D eigenvalue weighted by Gasteiger charge is -2.11. The lowest BCUT2D eigenvalue weighted by atomic mass is 10.1. The molecule has 0 aliphatic rings. The number of benzene rings is 2. The molecule has 2 aromatic carbocycles. The standard InChI is InChI=1S/C22H29N3O3/c1-4-23-22(27)17-8-10-18(11-9-17)24-15-21(26)25-19-6-5-7-20(14-19)28-13-12-16(2)3/h5-11,14,16,24H,4,12-13,15H2,1-3H3,(H,23,27)(H,25,26). The van der Waals surface area contributed by atoms with Gasteiger partial charge in [-0.25, -0.2) is 0 Å². The smallest absolute Gasteiger partial charge is 0.251 e. The predicted octanol–water partition coefficient (Wildman–Crippen LogP) is 3.91. The fraction of sp³-hybridized carbons (Fsp3) is 0.364. The third-order valence-electron chi connectivity index (χ3n) is 4.02. The van der Waals surface area contributed by atoms with Crippen LogP contribution in [-0.2, 0) is 4.79 Å². The van der Waals surface area contributed by atoms with Crippen molar-refractivity contribution in [1.82, 2.24) is 5.32 Å². The topological polar surface area (TPSA) is 79.5 Å². The number of hydrogen-bond acceptors (Lipinski definition) is 4. The minimum Gasteiger partial charge on any atom is -0.494 e. The van der Waals surface area contributed by atoms with E-state index < -0.39 is 0 Å². The fourth-order valence-electron chi connectivity index (χ4n) is 2.47. The molecule has 0 spiro atoms. The summed E-state index contributed by atoms with van der Waals surface area (Å²) in [5.41, 5.74) is 2.06. The molecule has 2 rings (SSSR count). The van der Waals surface area contributed by atoms with E-state index >= 15 is 0 Å². The molecule has 2 amide bonds. The van der Waals surface area contributed by atoms with Gasteiger partial charge in [-0.2, -0.15) is 0 Å². The SMILES string of the molecule is CCNC(=O)c1ccc(NCC(=O)Nc2cccc(OCCC(C)C)c2)cc1. The zero-order chi connectivity index (χ0) is 20.4. The van der Waals surface area contributed by atoms with Crippen molar-refractivity contribution >= 4 is 23.2 Å². The van der Waals surface area contributed by atoms with Crippen molar-refractivity contribution in [3.8, 4) is 5.75 Å². The number of carbonyl (C=O) groups is 2. The van der Waals surface area contributed by atoms with Crippen molar-refractivity contribution in [2.45, 2.75) is 27.2 Å². The molecule has 0 atom stereocenters. The van der Waals surface area contributed by atoms with E-state index in [1.807, 2.05) is 31.2 Å². The number of anilines is 2. The van der Waals surface area contributed by atoms with Gasteiger partial charge in [-0.05, 0) is 55.7 Å².